The average molecular weight is 533 g/mol. The Morgan fingerprint density at radius 1 is 0.769 bits per heavy atom. The maximum atomic E-state index is 13.2. The van der Waals surface area contributed by atoms with Crippen LogP contribution in [0.2, 0.25) is 0 Å². The number of carbonyl (C=O) groups excluding carboxylic acids is 3. The molecule has 0 spiro atoms. The summed E-state index contributed by atoms with van der Waals surface area (Å²) in [7, 11) is 3.08. The fraction of sp³-hybridized carbons (Fsp3) is 0.207. The van der Waals surface area contributed by atoms with Gasteiger partial charge in [-0.05, 0) is 67.1 Å². The Bertz CT molecular complexity index is 1380. The third-order valence-electron chi connectivity index (χ3n) is 5.68. The fourth-order valence-electron chi connectivity index (χ4n) is 3.83. The number of para-hydroxylation sites is 2. The van der Waals surface area contributed by atoms with Crippen LogP contribution in [-0.2, 0) is 9.59 Å². The van der Waals surface area contributed by atoms with Crippen molar-refractivity contribution >= 4 is 29.6 Å². The first kappa shape index (κ1) is 27.1. The van der Waals surface area contributed by atoms with Crippen LogP contribution in [-0.4, -0.2) is 51.9 Å². The Kier molecular flexibility index (Phi) is 8.67. The van der Waals surface area contributed by atoms with E-state index >= 15 is 0 Å². The number of hydrogen-bond donors (Lipinski definition) is 1. The second-order valence-corrected chi connectivity index (χ2v) is 8.14. The Labute approximate surface area is 225 Å². The van der Waals surface area contributed by atoms with Crippen LogP contribution in [0.25, 0.3) is 6.08 Å². The first-order valence-electron chi connectivity index (χ1n) is 12.2. The molecule has 1 aliphatic rings. The third-order valence-corrected chi connectivity index (χ3v) is 5.68. The molecule has 0 unspecified atom stereocenters. The highest BCUT2D eigenvalue weighted by atomic mass is 16.5. The number of methoxy groups -OCH3 is 2. The van der Waals surface area contributed by atoms with Gasteiger partial charge in [-0.25, -0.2) is 9.69 Å². The van der Waals surface area contributed by atoms with Gasteiger partial charge in [-0.1, -0.05) is 18.2 Å². The minimum Gasteiger partial charge on any atom is -0.497 e. The van der Waals surface area contributed by atoms with Gasteiger partial charge in [-0.2, -0.15) is 0 Å². The summed E-state index contributed by atoms with van der Waals surface area (Å²) in [6.45, 7) is 2.70. The number of rotatable bonds is 11. The van der Waals surface area contributed by atoms with Crippen molar-refractivity contribution < 1.29 is 38.1 Å². The minimum absolute atomic E-state index is 0.202. The molecule has 0 atom stereocenters. The van der Waals surface area contributed by atoms with Crippen molar-refractivity contribution in [3.8, 4) is 28.7 Å². The van der Waals surface area contributed by atoms with Crippen molar-refractivity contribution in [3.63, 3.8) is 0 Å². The van der Waals surface area contributed by atoms with Gasteiger partial charge in [0, 0.05) is 0 Å². The lowest BCUT2D eigenvalue weighted by Gasteiger charge is -2.26. The normalized spacial score (nSPS) is 14.2. The van der Waals surface area contributed by atoms with Crippen LogP contribution in [0.4, 0.5) is 10.5 Å². The Balaban J connectivity index is 1.50. The summed E-state index contributed by atoms with van der Waals surface area (Å²) in [4.78, 5) is 39.1. The van der Waals surface area contributed by atoms with Gasteiger partial charge in [0.1, 0.15) is 24.5 Å². The van der Waals surface area contributed by atoms with Gasteiger partial charge < -0.3 is 23.7 Å². The van der Waals surface area contributed by atoms with Gasteiger partial charge >= 0.3 is 6.03 Å². The smallest absolute Gasteiger partial charge is 0.335 e. The summed E-state index contributed by atoms with van der Waals surface area (Å²) >= 11 is 0. The second-order valence-electron chi connectivity index (χ2n) is 8.14. The predicted octanol–water partition coefficient (Wildman–Crippen LogP) is 4.23. The largest absolute Gasteiger partial charge is 0.497 e. The number of anilines is 1. The van der Waals surface area contributed by atoms with E-state index in [9.17, 15) is 14.4 Å². The van der Waals surface area contributed by atoms with Gasteiger partial charge in [0.15, 0.2) is 23.0 Å². The van der Waals surface area contributed by atoms with E-state index < -0.39 is 17.8 Å². The molecule has 0 aromatic heterocycles. The molecule has 10 heteroatoms. The molecule has 202 valence electrons. The average Bonchev–Trinajstić information content (AvgIpc) is 2.95. The molecule has 0 bridgehead atoms. The van der Waals surface area contributed by atoms with Crippen LogP contribution in [0, 0.1) is 0 Å². The van der Waals surface area contributed by atoms with Crippen molar-refractivity contribution in [1.29, 1.82) is 0 Å². The van der Waals surface area contributed by atoms with Crippen molar-refractivity contribution in [2.75, 3.05) is 38.9 Å². The molecule has 39 heavy (non-hydrogen) atoms. The maximum absolute atomic E-state index is 13.2. The quantitative estimate of drug-likeness (QED) is 0.222. The summed E-state index contributed by atoms with van der Waals surface area (Å²) in [5.41, 5.74) is 0.608. The number of ether oxygens (including phenoxy) is 5. The first-order valence-corrected chi connectivity index (χ1v) is 12.2. The lowest BCUT2D eigenvalue weighted by atomic mass is 10.1. The molecular weight excluding hydrogens is 504 g/mol. The number of carbonyl (C=O) groups is 3. The van der Waals surface area contributed by atoms with Crippen molar-refractivity contribution in [1.82, 2.24) is 5.32 Å². The highest BCUT2D eigenvalue weighted by molar-refractivity contribution is 6.39. The number of urea groups is 1. The molecular formula is C29H28N2O8. The van der Waals surface area contributed by atoms with Crippen LogP contribution in [0.1, 0.15) is 12.5 Å². The number of amides is 4. The maximum Gasteiger partial charge on any atom is 0.335 e. The number of hydrogen-bond acceptors (Lipinski definition) is 8. The number of nitrogens with one attached hydrogen (secondary N) is 1. The first-order chi connectivity index (χ1) is 18.9. The van der Waals surface area contributed by atoms with Crippen LogP contribution in [0.5, 0.6) is 28.7 Å². The van der Waals surface area contributed by atoms with Crippen molar-refractivity contribution in [3.05, 3.63) is 77.9 Å². The second kappa shape index (κ2) is 12.5. The monoisotopic (exact) mass is 532 g/mol. The summed E-state index contributed by atoms with van der Waals surface area (Å²) in [5.74, 6) is 1.15. The zero-order valence-corrected chi connectivity index (χ0v) is 21.8. The standard InChI is InChI=1S/C29H28N2O8/c1-4-37-26-18-19(9-14-25(26)39-16-15-38-24-8-6-5-7-23(24)36-3)17-22-27(32)30-29(34)31(28(22)33)20-10-12-21(35-2)13-11-20/h5-14,17-18H,4,15-16H2,1-3H3,(H,30,32,34)/b22-17-. The molecule has 4 rings (SSSR count). The van der Waals surface area contributed by atoms with Crippen LogP contribution in [0.3, 0.4) is 0 Å². The third kappa shape index (κ3) is 6.30. The minimum atomic E-state index is -0.832. The van der Waals surface area contributed by atoms with Crippen LogP contribution >= 0.6 is 0 Å². The molecule has 0 aliphatic carbocycles. The molecule has 3 aromatic rings. The number of benzene rings is 3. The van der Waals surface area contributed by atoms with Crippen molar-refractivity contribution in [2.45, 2.75) is 6.92 Å². The molecule has 1 heterocycles. The van der Waals surface area contributed by atoms with Gasteiger partial charge in [-0.15, -0.1) is 0 Å². The van der Waals surface area contributed by atoms with Crippen LogP contribution < -0.4 is 33.9 Å². The Hall–Kier alpha value is -4.99. The Morgan fingerprint density at radius 3 is 2.08 bits per heavy atom. The van der Waals surface area contributed by atoms with Gasteiger partial charge in [-0.3, -0.25) is 14.9 Å². The number of nitrogens with zero attached hydrogens (tertiary/aromatic N) is 1. The molecule has 0 radical (unpaired) electrons. The highest BCUT2D eigenvalue weighted by Gasteiger charge is 2.36. The van der Waals surface area contributed by atoms with E-state index in [1.54, 1.807) is 61.7 Å². The number of imide groups is 2. The zero-order valence-electron chi connectivity index (χ0n) is 21.8. The molecule has 1 fully saturated rings. The molecule has 1 aliphatic heterocycles. The summed E-state index contributed by atoms with van der Waals surface area (Å²) in [6.07, 6.45) is 1.40. The van der Waals surface area contributed by atoms with Gasteiger partial charge in [0.2, 0.25) is 0 Å². The van der Waals surface area contributed by atoms with E-state index in [0.717, 1.165) is 4.90 Å². The SMILES string of the molecule is CCOc1cc(/C=C2/C(=O)NC(=O)N(c3ccc(OC)cc3)C2=O)ccc1OCCOc1ccccc1OC. The van der Waals surface area contributed by atoms with E-state index in [2.05, 4.69) is 5.32 Å². The highest BCUT2D eigenvalue weighted by Crippen LogP contribution is 2.31. The van der Waals surface area contributed by atoms with E-state index in [-0.39, 0.29) is 18.8 Å². The van der Waals surface area contributed by atoms with Crippen LogP contribution in [0.15, 0.2) is 72.3 Å². The molecule has 0 saturated carbocycles. The fourth-order valence-corrected chi connectivity index (χ4v) is 3.83. The molecule has 1 N–H and O–H groups in total. The van der Waals surface area contributed by atoms with E-state index in [1.165, 1.54) is 13.2 Å². The summed E-state index contributed by atoms with van der Waals surface area (Å²) in [6, 6.07) is 17.8. The molecule has 4 amide bonds. The predicted molar refractivity (Wildman–Crippen MR) is 144 cm³/mol. The van der Waals surface area contributed by atoms with Crippen molar-refractivity contribution in [2.24, 2.45) is 0 Å². The summed E-state index contributed by atoms with van der Waals surface area (Å²) < 4.78 is 27.7. The van der Waals surface area contributed by atoms with Gasteiger partial charge in [0.25, 0.3) is 11.8 Å². The lowest BCUT2D eigenvalue weighted by molar-refractivity contribution is -0.122. The van der Waals surface area contributed by atoms with E-state index in [1.807, 2.05) is 19.1 Å². The molecule has 1 saturated heterocycles. The topological polar surface area (TPSA) is 113 Å². The van der Waals surface area contributed by atoms with E-state index in [4.69, 9.17) is 23.7 Å². The molecule has 3 aromatic carbocycles. The summed E-state index contributed by atoms with van der Waals surface area (Å²) in [5, 5.41) is 2.21. The Morgan fingerprint density at radius 2 is 1.44 bits per heavy atom. The zero-order chi connectivity index (χ0) is 27.8. The van der Waals surface area contributed by atoms with Gasteiger partial charge in [0.05, 0.1) is 26.5 Å². The lowest BCUT2D eigenvalue weighted by Crippen LogP contribution is -2.54. The number of barbiturate groups is 1. The van der Waals surface area contributed by atoms with E-state index in [0.29, 0.717) is 46.6 Å². The molecule has 10 nitrogen and oxygen atoms in total.